The first-order valence-corrected chi connectivity index (χ1v) is 5.14. The number of hydrogen-bond acceptors (Lipinski definition) is 2. The summed E-state index contributed by atoms with van der Waals surface area (Å²) in [6, 6.07) is 0. The van der Waals surface area contributed by atoms with Gasteiger partial charge < -0.3 is 10.2 Å². The van der Waals surface area contributed by atoms with Crippen LogP contribution in [-0.4, -0.2) is 22.2 Å². The summed E-state index contributed by atoms with van der Waals surface area (Å²) in [6.07, 6.45) is 2.75. The van der Waals surface area contributed by atoms with E-state index in [0.29, 0.717) is 6.42 Å². The Morgan fingerprint density at radius 1 is 1.27 bits per heavy atom. The second-order valence-electron chi connectivity index (χ2n) is 3.21. The van der Waals surface area contributed by atoms with Crippen molar-refractivity contribution in [2.75, 3.05) is 0 Å². The standard InChI is InChI=1S/C10H15ClO4/c1-3-5-6-7(11)10(4-2,8(12)13)9(14)15/h6H,3-5H2,1-2H3,(H,12,13)(H,14,15). The molecule has 0 aliphatic carbocycles. The van der Waals surface area contributed by atoms with Gasteiger partial charge in [-0.1, -0.05) is 37.9 Å². The molecule has 0 fully saturated rings. The summed E-state index contributed by atoms with van der Waals surface area (Å²) in [4.78, 5) is 22.0. The lowest BCUT2D eigenvalue weighted by atomic mass is 9.84. The van der Waals surface area contributed by atoms with Crippen molar-refractivity contribution in [1.29, 1.82) is 0 Å². The van der Waals surface area contributed by atoms with Gasteiger partial charge in [-0.25, -0.2) is 0 Å². The Kier molecular flexibility index (Phi) is 5.36. The topological polar surface area (TPSA) is 74.6 Å². The van der Waals surface area contributed by atoms with Crippen LogP contribution in [0.25, 0.3) is 0 Å². The second-order valence-corrected chi connectivity index (χ2v) is 3.62. The van der Waals surface area contributed by atoms with Crippen molar-refractivity contribution in [3.63, 3.8) is 0 Å². The van der Waals surface area contributed by atoms with Crippen LogP contribution >= 0.6 is 11.6 Å². The fourth-order valence-electron chi connectivity index (χ4n) is 1.21. The second kappa shape index (κ2) is 5.75. The number of carboxylic acid groups (broad SMARTS) is 2. The normalized spacial score (nSPS) is 12.6. The molecule has 0 aliphatic heterocycles. The SMILES string of the molecule is CCCC=C(Cl)C(CC)(C(=O)O)C(=O)O. The molecule has 0 saturated heterocycles. The van der Waals surface area contributed by atoms with Crippen LogP contribution in [0.3, 0.4) is 0 Å². The van der Waals surface area contributed by atoms with Gasteiger partial charge in [-0.15, -0.1) is 0 Å². The maximum Gasteiger partial charge on any atom is 0.326 e. The van der Waals surface area contributed by atoms with E-state index in [1.54, 1.807) is 0 Å². The first-order valence-electron chi connectivity index (χ1n) is 4.76. The molecule has 0 unspecified atom stereocenters. The van der Waals surface area contributed by atoms with Crippen LogP contribution in [0.2, 0.25) is 0 Å². The molecule has 0 bridgehead atoms. The molecule has 0 heterocycles. The van der Waals surface area contributed by atoms with E-state index < -0.39 is 17.4 Å². The molecule has 4 nitrogen and oxygen atoms in total. The molecule has 0 aromatic rings. The molecule has 15 heavy (non-hydrogen) atoms. The van der Waals surface area contributed by atoms with E-state index in [-0.39, 0.29) is 11.5 Å². The highest BCUT2D eigenvalue weighted by molar-refractivity contribution is 6.34. The third kappa shape index (κ3) is 2.72. The van der Waals surface area contributed by atoms with E-state index >= 15 is 0 Å². The van der Waals surface area contributed by atoms with E-state index in [1.165, 1.54) is 13.0 Å². The van der Waals surface area contributed by atoms with Crippen molar-refractivity contribution in [2.24, 2.45) is 5.41 Å². The smallest absolute Gasteiger partial charge is 0.326 e. The van der Waals surface area contributed by atoms with Crippen LogP contribution < -0.4 is 0 Å². The largest absolute Gasteiger partial charge is 0.480 e. The lowest BCUT2D eigenvalue weighted by molar-refractivity contribution is -0.161. The minimum Gasteiger partial charge on any atom is -0.480 e. The van der Waals surface area contributed by atoms with Crippen LogP contribution in [0.5, 0.6) is 0 Å². The molecule has 5 heteroatoms. The molecular formula is C10H15ClO4. The minimum absolute atomic E-state index is 0.0727. The first kappa shape index (κ1) is 14.0. The highest BCUT2D eigenvalue weighted by atomic mass is 35.5. The fourth-order valence-corrected chi connectivity index (χ4v) is 1.62. The van der Waals surface area contributed by atoms with E-state index in [1.807, 2.05) is 6.92 Å². The molecule has 0 rings (SSSR count). The van der Waals surface area contributed by atoms with Gasteiger partial charge in [0.25, 0.3) is 0 Å². The Labute approximate surface area is 93.5 Å². The van der Waals surface area contributed by atoms with Crippen molar-refractivity contribution in [1.82, 2.24) is 0 Å². The fraction of sp³-hybridized carbons (Fsp3) is 0.600. The van der Waals surface area contributed by atoms with Crippen LogP contribution in [-0.2, 0) is 9.59 Å². The Bertz CT molecular complexity index is 269. The van der Waals surface area contributed by atoms with Gasteiger partial charge in [0.15, 0.2) is 5.41 Å². The van der Waals surface area contributed by atoms with E-state index in [4.69, 9.17) is 21.8 Å². The van der Waals surface area contributed by atoms with Gasteiger partial charge in [0, 0.05) is 5.03 Å². The predicted octanol–water partition coefficient (Wildman–Crippen LogP) is 2.47. The Balaban J connectivity index is 5.26. The molecule has 0 aromatic carbocycles. The van der Waals surface area contributed by atoms with Crippen molar-refractivity contribution in [3.8, 4) is 0 Å². The van der Waals surface area contributed by atoms with Crippen molar-refractivity contribution >= 4 is 23.5 Å². The molecule has 0 atom stereocenters. The van der Waals surface area contributed by atoms with Gasteiger partial charge in [0.1, 0.15) is 0 Å². The van der Waals surface area contributed by atoms with Crippen LogP contribution in [0.1, 0.15) is 33.1 Å². The maximum atomic E-state index is 11.0. The molecule has 0 radical (unpaired) electrons. The molecular weight excluding hydrogens is 220 g/mol. The zero-order valence-corrected chi connectivity index (χ0v) is 9.54. The summed E-state index contributed by atoms with van der Waals surface area (Å²) >= 11 is 5.77. The lowest BCUT2D eigenvalue weighted by Gasteiger charge is -2.22. The first-order chi connectivity index (χ1) is 6.93. The van der Waals surface area contributed by atoms with Crippen LogP contribution in [0.15, 0.2) is 11.1 Å². The zero-order chi connectivity index (χ0) is 12.1. The minimum atomic E-state index is -1.99. The summed E-state index contributed by atoms with van der Waals surface area (Å²) in [5.41, 5.74) is -1.99. The number of halogens is 1. The number of carboxylic acids is 2. The monoisotopic (exact) mass is 234 g/mol. The van der Waals surface area contributed by atoms with Crippen molar-refractivity contribution in [3.05, 3.63) is 11.1 Å². The summed E-state index contributed by atoms with van der Waals surface area (Å²) in [5, 5.41) is 17.8. The van der Waals surface area contributed by atoms with E-state index in [9.17, 15) is 9.59 Å². The number of allylic oxidation sites excluding steroid dienone is 1. The summed E-state index contributed by atoms with van der Waals surface area (Å²) < 4.78 is 0. The molecule has 0 spiro atoms. The average Bonchev–Trinajstić information content (AvgIpc) is 2.15. The Morgan fingerprint density at radius 3 is 2.00 bits per heavy atom. The van der Waals surface area contributed by atoms with Crippen LogP contribution in [0, 0.1) is 5.41 Å². The molecule has 0 aliphatic rings. The predicted molar refractivity (Wildman–Crippen MR) is 56.8 cm³/mol. The van der Waals surface area contributed by atoms with Gasteiger partial charge in [-0.2, -0.15) is 0 Å². The highest BCUT2D eigenvalue weighted by Gasteiger charge is 2.47. The third-order valence-corrected chi connectivity index (χ3v) is 2.76. The summed E-state index contributed by atoms with van der Waals surface area (Å²) in [6.45, 7) is 3.39. The Morgan fingerprint density at radius 2 is 1.73 bits per heavy atom. The number of unbranched alkanes of at least 4 members (excludes halogenated alkanes) is 1. The van der Waals surface area contributed by atoms with Crippen molar-refractivity contribution in [2.45, 2.75) is 33.1 Å². The van der Waals surface area contributed by atoms with Crippen molar-refractivity contribution < 1.29 is 19.8 Å². The zero-order valence-electron chi connectivity index (χ0n) is 8.79. The number of aliphatic carboxylic acids is 2. The number of rotatable bonds is 6. The van der Waals surface area contributed by atoms with E-state index in [0.717, 1.165) is 6.42 Å². The van der Waals surface area contributed by atoms with Gasteiger partial charge in [0.2, 0.25) is 0 Å². The van der Waals surface area contributed by atoms with Gasteiger partial charge >= 0.3 is 11.9 Å². The molecule has 2 N–H and O–H groups in total. The number of carbonyl (C=O) groups is 2. The van der Waals surface area contributed by atoms with Gasteiger partial charge in [-0.3, -0.25) is 9.59 Å². The molecule has 0 aromatic heterocycles. The summed E-state index contributed by atoms with van der Waals surface area (Å²) in [7, 11) is 0. The van der Waals surface area contributed by atoms with E-state index in [2.05, 4.69) is 0 Å². The quantitative estimate of drug-likeness (QED) is 0.693. The third-order valence-electron chi connectivity index (χ3n) is 2.28. The number of hydrogen-bond donors (Lipinski definition) is 2. The maximum absolute atomic E-state index is 11.0. The average molecular weight is 235 g/mol. The van der Waals surface area contributed by atoms with Gasteiger partial charge in [0.05, 0.1) is 0 Å². The highest BCUT2D eigenvalue weighted by Crippen LogP contribution is 2.35. The summed E-state index contributed by atoms with van der Waals surface area (Å²) in [5.74, 6) is -2.84. The molecule has 86 valence electrons. The molecule has 0 amide bonds. The lowest BCUT2D eigenvalue weighted by Crippen LogP contribution is -2.39. The van der Waals surface area contributed by atoms with Crippen LogP contribution in [0.4, 0.5) is 0 Å². The van der Waals surface area contributed by atoms with Gasteiger partial charge in [-0.05, 0) is 12.8 Å². The molecule has 0 saturated carbocycles. The Hall–Kier alpha value is -1.03.